The molecule has 2 heterocycles. The smallest absolute Gasteiger partial charge is 0.193 e. The normalized spacial score (nSPS) is 21.3. The topological polar surface area (TPSA) is 58.6 Å². The lowest BCUT2D eigenvalue weighted by atomic mass is 10.0. The molecule has 0 aromatic carbocycles. The molecule has 7 nitrogen and oxygen atoms in total. The average Bonchev–Trinajstić information content (AvgIpc) is 2.72. The lowest BCUT2D eigenvalue weighted by Crippen LogP contribution is -2.49. The van der Waals surface area contributed by atoms with Crippen molar-refractivity contribution in [2.75, 3.05) is 72.8 Å². The number of nitrogens with one attached hydrogen (secondary N) is 1. The predicted molar refractivity (Wildman–Crippen MR) is 114 cm³/mol. The van der Waals surface area contributed by atoms with Crippen molar-refractivity contribution in [3.63, 3.8) is 0 Å². The molecule has 0 aliphatic carbocycles. The molecular weight excluding hydrogens is 356 g/mol. The summed E-state index contributed by atoms with van der Waals surface area (Å²) in [4.78, 5) is 9.98. The van der Waals surface area contributed by atoms with Crippen LogP contribution in [0.15, 0.2) is 4.99 Å². The fourth-order valence-electron chi connectivity index (χ4n) is 3.95. The van der Waals surface area contributed by atoms with Gasteiger partial charge in [-0.15, -0.1) is 0 Å². The van der Waals surface area contributed by atoms with E-state index in [0.717, 1.165) is 90.9 Å². The molecule has 2 fully saturated rings. The van der Waals surface area contributed by atoms with Crippen molar-refractivity contribution in [2.45, 2.75) is 52.2 Å². The number of methoxy groups -OCH3 is 1. The van der Waals surface area contributed by atoms with Gasteiger partial charge in [-0.3, -0.25) is 9.89 Å². The first-order valence-corrected chi connectivity index (χ1v) is 11.1. The van der Waals surface area contributed by atoms with Gasteiger partial charge < -0.3 is 24.4 Å². The van der Waals surface area contributed by atoms with Gasteiger partial charge in [-0.2, -0.15) is 0 Å². The number of likely N-dealkylation sites (tertiary alicyclic amines) is 1. The summed E-state index contributed by atoms with van der Waals surface area (Å²) >= 11 is 0. The van der Waals surface area contributed by atoms with Gasteiger partial charge >= 0.3 is 0 Å². The van der Waals surface area contributed by atoms with Crippen LogP contribution in [0.4, 0.5) is 0 Å². The Hall–Kier alpha value is -0.890. The van der Waals surface area contributed by atoms with Gasteiger partial charge in [0.15, 0.2) is 5.96 Å². The molecule has 0 bridgehead atoms. The van der Waals surface area contributed by atoms with Crippen LogP contribution >= 0.6 is 0 Å². The van der Waals surface area contributed by atoms with E-state index in [4.69, 9.17) is 19.2 Å². The quantitative estimate of drug-likeness (QED) is 0.344. The Labute approximate surface area is 171 Å². The Morgan fingerprint density at radius 2 is 1.86 bits per heavy atom. The summed E-state index contributed by atoms with van der Waals surface area (Å²) in [6, 6.07) is 0.471. The molecule has 0 aromatic heterocycles. The van der Waals surface area contributed by atoms with Gasteiger partial charge in [0, 0.05) is 59.1 Å². The van der Waals surface area contributed by atoms with Crippen molar-refractivity contribution >= 4 is 5.96 Å². The number of piperidine rings is 1. The molecule has 0 spiro atoms. The summed E-state index contributed by atoms with van der Waals surface area (Å²) < 4.78 is 16.6. The fourth-order valence-corrected chi connectivity index (χ4v) is 3.95. The monoisotopic (exact) mass is 398 g/mol. The third-order valence-electron chi connectivity index (χ3n) is 5.64. The van der Waals surface area contributed by atoms with Crippen molar-refractivity contribution < 1.29 is 14.2 Å². The van der Waals surface area contributed by atoms with Crippen LogP contribution in [0, 0.1) is 5.92 Å². The van der Waals surface area contributed by atoms with E-state index in [2.05, 4.69) is 35.9 Å². The maximum Gasteiger partial charge on any atom is 0.193 e. The third-order valence-corrected chi connectivity index (χ3v) is 5.64. The van der Waals surface area contributed by atoms with E-state index in [0.29, 0.717) is 18.1 Å². The SMILES string of the molecule is CCNC(=NCC(C(C)C)N1CCOCC1)N1CCC(OCCCOC)CC1. The van der Waals surface area contributed by atoms with Gasteiger partial charge in [0.1, 0.15) is 0 Å². The highest BCUT2D eigenvalue weighted by atomic mass is 16.5. The van der Waals surface area contributed by atoms with E-state index in [9.17, 15) is 0 Å². The highest BCUT2D eigenvalue weighted by Gasteiger charge is 2.25. The van der Waals surface area contributed by atoms with E-state index >= 15 is 0 Å². The standard InChI is InChI=1S/C21H42N4O3/c1-5-22-21(23-17-20(18(2)3)24-11-15-27-16-12-24)25-9-7-19(8-10-25)28-14-6-13-26-4/h18-20H,5-17H2,1-4H3,(H,22,23). The maximum atomic E-state index is 6.00. The third kappa shape index (κ3) is 7.85. The van der Waals surface area contributed by atoms with Crippen molar-refractivity contribution in [1.82, 2.24) is 15.1 Å². The van der Waals surface area contributed by atoms with E-state index in [-0.39, 0.29) is 0 Å². The van der Waals surface area contributed by atoms with Crippen LogP contribution in [0.2, 0.25) is 0 Å². The Balaban J connectivity index is 1.85. The first-order valence-electron chi connectivity index (χ1n) is 11.1. The zero-order valence-corrected chi connectivity index (χ0v) is 18.5. The summed E-state index contributed by atoms with van der Waals surface area (Å²) in [5.41, 5.74) is 0. The first-order chi connectivity index (χ1) is 13.7. The molecule has 164 valence electrons. The number of ether oxygens (including phenoxy) is 3. The van der Waals surface area contributed by atoms with Gasteiger partial charge in [-0.05, 0) is 32.1 Å². The molecule has 7 heteroatoms. The lowest BCUT2D eigenvalue weighted by molar-refractivity contribution is 0.00770. The van der Waals surface area contributed by atoms with Gasteiger partial charge in [0.25, 0.3) is 0 Å². The molecule has 0 amide bonds. The summed E-state index contributed by atoms with van der Waals surface area (Å²) in [5, 5.41) is 3.50. The van der Waals surface area contributed by atoms with E-state index < -0.39 is 0 Å². The maximum absolute atomic E-state index is 6.00. The average molecular weight is 399 g/mol. The number of aliphatic imine (C=N–C) groups is 1. The Morgan fingerprint density at radius 3 is 2.46 bits per heavy atom. The summed E-state index contributed by atoms with van der Waals surface area (Å²) in [7, 11) is 1.74. The van der Waals surface area contributed by atoms with E-state index in [1.807, 2.05) is 0 Å². The second-order valence-corrected chi connectivity index (χ2v) is 8.06. The Bertz CT molecular complexity index is 433. The number of rotatable bonds is 10. The molecule has 2 aliphatic rings. The van der Waals surface area contributed by atoms with Gasteiger partial charge in [0.2, 0.25) is 0 Å². The van der Waals surface area contributed by atoms with Crippen LogP contribution in [0.1, 0.15) is 40.0 Å². The number of nitrogens with zero attached hydrogens (tertiary/aromatic N) is 3. The summed E-state index contributed by atoms with van der Waals surface area (Å²) in [5.74, 6) is 1.63. The molecule has 1 atom stereocenters. The minimum Gasteiger partial charge on any atom is -0.385 e. The molecular formula is C21H42N4O3. The minimum absolute atomic E-state index is 0.368. The molecule has 2 aliphatic heterocycles. The van der Waals surface area contributed by atoms with Crippen molar-refractivity contribution in [3.05, 3.63) is 0 Å². The molecule has 2 saturated heterocycles. The van der Waals surface area contributed by atoms with Crippen LogP contribution < -0.4 is 5.32 Å². The van der Waals surface area contributed by atoms with E-state index in [1.54, 1.807) is 7.11 Å². The Morgan fingerprint density at radius 1 is 1.14 bits per heavy atom. The number of hydrogen-bond donors (Lipinski definition) is 1. The number of morpholine rings is 1. The predicted octanol–water partition coefficient (Wildman–Crippen LogP) is 1.83. The van der Waals surface area contributed by atoms with Crippen LogP contribution in [0.5, 0.6) is 0 Å². The second-order valence-electron chi connectivity index (χ2n) is 8.06. The van der Waals surface area contributed by atoms with Crippen LogP contribution in [0.25, 0.3) is 0 Å². The highest BCUT2D eigenvalue weighted by molar-refractivity contribution is 5.80. The zero-order valence-electron chi connectivity index (χ0n) is 18.5. The van der Waals surface area contributed by atoms with Crippen LogP contribution in [-0.4, -0.2) is 101 Å². The van der Waals surface area contributed by atoms with Crippen LogP contribution in [0.3, 0.4) is 0 Å². The van der Waals surface area contributed by atoms with Gasteiger partial charge in [-0.1, -0.05) is 13.8 Å². The van der Waals surface area contributed by atoms with Crippen molar-refractivity contribution in [1.29, 1.82) is 0 Å². The van der Waals surface area contributed by atoms with Crippen LogP contribution in [-0.2, 0) is 14.2 Å². The van der Waals surface area contributed by atoms with Gasteiger partial charge in [-0.25, -0.2) is 0 Å². The largest absolute Gasteiger partial charge is 0.385 e. The van der Waals surface area contributed by atoms with E-state index in [1.165, 1.54) is 0 Å². The van der Waals surface area contributed by atoms with Crippen molar-refractivity contribution in [3.8, 4) is 0 Å². The number of hydrogen-bond acceptors (Lipinski definition) is 5. The first kappa shape index (κ1) is 23.4. The second kappa shape index (κ2) is 13.4. The fraction of sp³-hybridized carbons (Fsp3) is 0.952. The molecule has 2 rings (SSSR count). The molecule has 0 aromatic rings. The summed E-state index contributed by atoms with van der Waals surface area (Å²) in [6.07, 6.45) is 3.47. The lowest BCUT2D eigenvalue weighted by Gasteiger charge is -2.37. The summed E-state index contributed by atoms with van der Waals surface area (Å²) in [6.45, 7) is 15.8. The molecule has 1 unspecified atom stereocenters. The highest BCUT2D eigenvalue weighted by Crippen LogP contribution is 2.16. The molecule has 28 heavy (non-hydrogen) atoms. The molecule has 1 N–H and O–H groups in total. The zero-order chi connectivity index (χ0) is 20.2. The van der Waals surface area contributed by atoms with Gasteiger partial charge in [0.05, 0.1) is 25.9 Å². The van der Waals surface area contributed by atoms with Crippen molar-refractivity contribution in [2.24, 2.45) is 10.9 Å². The number of guanidine groups is 1. The molecule has 0 saturated carbocycles. The molecule has 0 radical (unpaired) electrons. The Kier molecular flexibility index (Phi) is 11.2. The minimum atomic E-state index is 0.368.